The van der Waals surface area contributed by atoms with Crippen LogP contribution >= 0.6 is 0 Å². The van der Waals surface area contributed by atoms with Gasteiger partial charge in [0.1, 0.15) is 0 Å². The minimum Gasteiger partial charge on any atom is -0.481 e. The average Bonchev–Trinajstić information content (AvgIpc) is 2.92. The largest absolute Gasteiger partial charge is 0.481 e. The fourth-order valence-electron chi connectivity index (χ4n) is 3.16. The second kappa shape index (κ2) is 9.43. The summed E-state index contributed by atoms with van der Waals surface area (Å²) in [5.41, 5.74) is 3.53. The Hall–Kier alpha value is -2.77. The zero-order valence-corrected chi connectivity index (χ0v) is 16.3. The maximum absolute atomic E-state index is 12.7. The Morgan fingerprint density at radius 1 is 1.21 bits per heavy atom. The van der Waals surface area contributed by atoms with Crippen LogP contribution in [0.3, 0.4) is 0 Å². The quantitative estimate of drug-likeness (QED) is 0.706. The topological polar surface area (TPSA) is 75.4 Å². The molecule has 1 aromatic heterocycles. The molecule has 0 aliphatic rings. The predicted molar refractivity (Wildman–Crippen MR) is 101 cm³/mol. The van der Waals surface area contributed by atoms with Crippen molar-refractivity contribution in [3.05, 3.63) is 46.8 Å². The summed E-state index contributed by atoms with van der Waals surface area (Å²) in [7, 11) is 0. The molecule has 6 nitrogen and oxygen atoms in total. The molecule has 1 heterocycles. The number of alkyl halides is 2. The molecule has 0 spiro atoms. The lowest BCUT2D eigenvalue weighted by molar-refractivity contribution is -0.136. The number of aryl methyl sites for hydroxylation is 1. The van der Waals surface area contributed by atoms with Gasteiger partial charge in [-0.3, -0.25) is 9.59 Å². The lowest BCUT2D eigenvalue weighted by Crippen LogP contribution is -2.35. The minimum atomic E-state index is -2.58. The lowest BCUT2D eigenvalue weighted by Gasteiger charge is -2.21. The fraction of sp³-hybridized carbons (Fsp3) is 0.450. The third-order valence-electron chi connectivity index (χ3n) is 4.53. The average molecular weight is 393 g/mol. The lowest BCUT2D eigenvalue weighted by atomic mass is 10.1. The maximum atomic E-state index is 12.7. The molecule has 8 heteroatoms. The normalized spacial score (nSPS) is 11.1. The summed E-state index contributed by atoms with van der Waals surface area (Å²) < 4.78 is 27.1. The van der Waals surface area contributed by atoms with E-state index in [4.69, 9.17) is 5.11 Å². The highest BCUT2D eigenvalue weighted by molar-refractivity contribution is 5.94. The van der Waals surface area contributed by atoms with Crippen LogP contribution in [0.4, 0.5) is 8.78 Å². The van der Waals surface area contributed by atoms with E-state index in [1.165, 1.54) is 0 Å². The summed E-state index contributed by atoms with van der Waals surface area (Å²) in [6, 6.07) is 6.61. The molecule has 0 atom stereocenters. The van der Waals surface area contributed by atoms with Crippen molar-refractivity contribution in [1.82, 2.24) is 14.7 Å². The van der Waals surface area contributed by atoms with Crippen LogP contribution in [-0.4, -0.2) is 51.2 Å². The van der Waals surface area contributed by atoms with E-state index < -0.39 is 24.8 Å². The molecule has 0 bridgehead atoms. The monoisotopic (exact) mass is 393 g/mol. The van der Waals surface area contributed by atoms with Crippen LogP contribution in [-0.2, 0) is 11.2 Å². The fourth-order valence-corrected chi connectivity index (χ4v) is 3.16. The molecule has 2 aromatic rings. The van der Waals surface area contributed by atoms with Crippen LogP contribution in [0.1, 0.15) is 47.1 Å². The number of hydrogen-bond acceptors (Lipinski definition) is 3. The first-order valence-electron chi connectivity index (χ1n) is 9.19. The summed E-state index contributed by atoms with van der Waals surface area (Å²) in [6.07, 6.45) is -1.56. The zero-order valence-electron chi connectivity index (χ0n) is 16.3. The number of carbonyl (C=O) groups excluding carboxylic acids is 1. The predicted octanol–water partition coefficient (Wildman–Crippen LogP) is 3.62. The smallest absolute Gasteiger partial charge is 0.303 e. The Kier molecular flexibility index (Phi) is 7.25. The number of carboxylic acids is 1. The SMILES string of the molecule is CCCN(CC(F)F)C(=O)c1ccc(-n2nc(C)c(CCC(=O)O)c2C)cc1. The Morgan fingerprint density at radius 3 is 2.39 bits per heavy atom. The van der Waals surface area contributed by atoms with Gasteiger partial charge < -0.3 is 10.0 Å². The minimum absolute atomic E-state index is 0.0260. The summed E-state index contributed by atoms with van der Waals surface area (Å²) in [6.45, 7) is 5.21. The van der Waals surface area contributed by atoms with E-state index in [1.54, 1.807) is 28.9 Å². The number of benzene rings is 1. The highest BCUT2D eigenvalue weighted by Gasteiger charge is 2.19. The highest BCUT2D eigenvalue weighted by Crippen LogP contribution is 2.20. The zero-order chi connectivity index (χ0) is 20.8. The number of rotatable bonds is 9. The first-order valence-corrected chi connectivity index (χ1v) is 9.19. The van der Waals surface area contributed by atoms with Gasteiger partial charge in [0.2, 0.25) is 0 Å². The summed E-state index contributed by atoms with van der Waals surface area (Å²) in [4.78, 5) is 24.5. The number of carboxylic acid groups (broad SMARTS) is 1. The van der Waals surface area contributed by atoms with Crippen LogP contribution < -0.4 is 0 Å². The second-order valence-corrected chi connectivity index (χ2v) is 6.64. The molecule has 0 saturated heterocycles. The van der Waals surface area contributed by atoms with Crippen LogP contribution in [0.25, 0.3) is 5.69 Å². The third-order valence-corrected chi connectivity index (χ3v) is 4.53. The van der Waals surface area contributed by atoms with Crippen molar-refractivity contribution in [3.8, 4) is 5.69 Å². The molecule has 0 unspecified atom stereocenters. The standard InChI is InChI=1S/C20H25F2N3O3/c1-4-11-24(12-18(21)22)20(28)15-5-7-16(8-6-15)25-14(3)17(13(2)23-25)9-10-19(26)27/h5-8,18H,4,9-12H2,1-3H3,(H,26,27). The highest BCUT2D eigenvalue weighted by atomic mass is 19.3. The first kappa shape index (κ1) is 21.5. The van der Waals surface area contributed by atoms with Crippen LogP contribution in [0.2, 0.25) is 0 Å². The van der Waals surface area contributed by atoms with E-state index >= 15 is 0 Å². The molecule has 1 aromatic carbocycles. The van der Waals surface area contributed by atoms with E-state index in [9.17, 15) is 18.4 Å². The molecule has 1 amide bonds. The van der Waals surface area contributed by atoms with Crippen molar-refractivity contribution in [1.29, 1.82) is 0 Å². The number of amides is 1. The van der Waals surface area contributed by atoms with E-state index in [2.05, 4.69) is 5.10 Å². The molecule has 0 aliphatic heterocycles. The van der Waals surface area contributed by atoms with Gasteiger partial charge in [-0.25, -0.2) is 13.5 Å². The van der Waals surface area contributed by atoms with Crippen molar-refractivity contribution in [2.75, 3.05) is 13.1 Å². The number of aromatic nitrogens is 2. The van der Waals surface area contributed by atoms with Crippen LogP contribution in [0.5, 0.6) is 0 Å². The van der Waals surface area contributed by atoms with Crippen molar-refractivity contribution in [2.45, 2.75) is 46.5 Å². The van der Waals surface area contributed by atoms with Crippen molar-refractivity contribution >= 4 is 11.9 Å². The van der Waals surface area contributed by atoms with Gasteiger partial charge in [-0.1, -0.05) is 6.92 Å². The van der Waals surface area contributed by atoms with E-state index in [-0.39, 0.29) is 13.0 Å². The first-order chi connectivity index (χ1) is 13.2. The van der Waals surface area contributed by atoms with Gasteiger partial charge in [0.05, 0.1) is 17.9 Å². The molecule has 152 valence electrons. The number of hydrogen-bond donors (Lipinski definition) is 1. The number of carbonyl (C=O) groups is 2. The third kappa shape index (κ3) is 5.15. The number of aliphatic carboxylic acids is 1. The summed E-state index contributed by atoms with van der Waals surface area (Å²) in [5.74, 6) is -1.29. The second-order valence-electron chi connectivity index (χ2n) is 6.64. The van der Waals surface area contributed by atoms with Gasteiger partial charge >= 0.3 is 5.97 Å². The van der Waals surface area contributed by atoms with Crippen molar-refractivity contribution < 1.29 is 23.5 Å². The Morgan fingerprint density at radius 2 is 1.86 bits per heavy atom. The van der Waals surface area contributed by atoms with Crippen molar-refractivity contribution in [2.24, 2.45) is 0 Å². The molecule has 0 fully saturated rings. The van der Waals surface area contributed by atoms with Crippen LogP contribution in [0.15, 0.2) is 24.3 Å². The van der Waals surface area contributed by atoms with E-state index in [0.29, 0.717) is 18.4 Å². The van der Waals surface area contributed by atoms with Crippen LogP contribution in [0, 0.1) is 13.8 Å². The molecule has 2 rings (SSSR count). The molecule has 0 aliphatic carbocycles. The van der Waals surface area contributed by atoms with E-state index in [1.807, 2.05) is 20.8 Å². The molecule has 1 N–H and O–H groups in total. The summed E-state index contributed by atoms with van der Waals surface area (Å²) in [5, 5.41) is 13.4. The number of halogens is 2. The maximum Gasteiger partial charge on any atom is 0.303 e. The summed E-state index contributed by atoms with van der Waals surface area (Å²) >= 11 is 0. The van der Waals surface area contributed by atoms with E-state index in [0.717, 1.165) is 27.5 Å². The van der Waals surface area contributed by atoms with Gasteiger partial charge in [0.15, 0.2) is 0 Å². The van der Waals surface area contributed by atoms with Gasteiger partial charge in [-0.2, -0.15) is 5.10 Å². The van der Waals surface area contributed by atoms with Gasteiger partial charge in [-0.05, 0) is 56.5 Å². The Labute approximate surface area is 162 Å². The molecule has 0 saturated carbocycles. The molecule has 0 radical (unpaired) electrons. The molecular weight excluding hydrogens is 368 g/mol. The number of nitrogens with zero attached hydrogens (tertiary/aromatic N) is 3. The Bertz CT molecular complexity index is 832. The van der Waals surface area contributed by atoms with Gasteiger partial charge in [-0.15, -0.1) is 0 Å². The Balaban J connectivity index is 2.23. The molecular formula is C20H25F2N3O3. The molecule has 28 heavy (non-hydrogen) atoms. The van der Waals surface area contributed by atoms with Gasteiger partial charge in [0.25, 0.3) is 12.3 Å². The van der Waals surface area contributed by atoms with Crippen molar-refractivity contribution in [3.63, 3.8) is 0 Å². The van der Waals surface area contributed by atoms with Gasteiger partial charge in [0, 0.05) is 24.2 Å².